The topological polar surface area (TPSA) is 43.8 Å². The first-order valence-corrected chi connectivity index (χ1v) is 8.29. The highest BCUT2D eigenvalue weighted by atomic mass is 15.1. The van der Waals surface area contributed by atoms with Crippen LogP contribution < -0.4 is 5.73 Å². The minimum absolute atomic E-state index is 0.654. The van der Waals surface area contributed by atoms with Gasteiger partial charge in [-0.05, 0) is 55.5 Å². The first-order valence-electron chi connectivity index (χ1n) is 8.29. The summed E-state index contributed by atoms with van der Waals surface area (Å²) >= 11 is 0. The van der Waals surface area contributed by atoms with Crippen LogP contribution in [0.1, 0.15) is 31.4 Å². The van der Waals surface area contributed by atoms with Gasteiger partial charge in [-0.3, -0.25) is 0 Å². The third-order valence-electron chi connectivity index (χ3n) is 4.51. The maximum Gasteiger partial charge on any atom is 0.141 e. The molecule has 0 unspecified atom stereocenters. The summed E-state index contributed by atoms with van der Waals surface area (Å²) in [6.07, 6.45) is 1.12. The molecule has 3 nitrogen and oxygen atoms in total. The Labute approximate surface area is 138 Å². The van der Waals surface area contributed by atoms with E-state index in [1.807, 2.05) is 12.1 Å². The summed E-state index contributed by atoms with van der Waals surface area (Å²) in [4.78, 5) is 4.87. The predicted molar refractivity (Wildman–Crippen MR) is 98.5 cm³/mol. The third kappa shape index (κ3) is 2.96. The lowest BCUT2D eigenvalue weighted by Crippen LogP contribution is -2.04. The van der Waals surface area contributed by atoms with Crippen LogP contribution in [0, 0.1) is 19.8 Å². The molecule has 2 aromatic carbocycles. The normalized spacial score (nSPS) is 11.5. The smallest absolute Gasteiger partial charge is 0.141 e. The number of nitrogens with two attached hydrogens (primary N) is 1. The second-order valence-corrected chi connectivity index (χ2v) is 6.78. The lowest BCUT2D eigenvalue weighted by atomic mass is 10.1. The van der Waals surface area contributed by atoms with Crippen molar-refractivity contribution >= 4 is 16.7 Å². The van der Waals surface area contributed by atoms with E-state index in [-0.39, 0.29) is 0 Å². The molecule has 3 heteroatoms. The average Bonchev–Trinajstić information content (AvgIpc) is 2.88. The van der Waals surface area contributed by atoms with E-state index in [0.29, 0.717) is 5.92 Å². The molecule has 3 aromatic rings. The largest absolute Gasteiger partial charge is 0.397 e. The number of anilines is 1. The van der Waals surface area contributed by atoms with Crippen LogP contribution in [0.2, 0.25) is 0 Å². The van der Waals surface area contributed by atoms with E-state index >= 15 is 0 Å². The quantitative estimate of drug-likeness (QED) is 0.693. The molecular formula is C20H25N3. The molecule has 120 valence electrons. The summed E-state index contributed by atoms with van der Waals surface area (Å²) in [5, 5.41) is 0. The van der Waals surface area contributed by atoms with Gasteiger partial charge in [-0.1, -0.05) is 32.0 Å². The molecule has 0 amide bonds. The van der Waals surface area contributed by atoms with Gasteiger partial charge in [-0.2, -0.15) is 0 Å². The molecule has 3 rings (SSSR count). The molecule has 0 spiro atoms. The summed E-state index contributed by atoms with van der Waals surface area (Å²) in [5.74, 6) is 1.67. The highest BCUT2D eigenvalue weighted by Gasteiger charge is 2.15. The Morgan fingerprint density at radius 1 is 1.09 bits per heavy atom. The van der Waals surface area contributed by atoms with E-state index in [9.17, 15) is 0 Å². The van der Waals surface area contributed by atoms with E-state index in [0.717, 1.165) is 41.1 Å². The van der Waals surface area contributed by atoms with Gasteiger partial charge < -0.3 is 10.3 Å². The molecule has 1 heterocycles. The summed E-state index contributed by atoms with van der Waals surface area (Å²) in [5.41, 5.74) is 12.7. The molecule has 0 saturated heterocycles. The van der Waals surface area contributed by atoms with E-state index in [1.165, 1.54) is 11.1 Å². The molecule has 0 saturated carbocycles. The number of aromatic nitrogens is 2. The van der Waals surface area contributed by atoms with Crippen molar-refractivity contribution in [3.63, 3.8) is 0 Å². The van der Waals surface area contributed by atoms with Crippen LogP contribution in [0.4, 0.5) is 5.69 Å². The molecule has 2 N–H and O–H groups in total. The fourth-order valence-electron chi connectivity index (χ4n) is 2.88. The lowest BCUT2D eigenvalue weighted by molar-refractivity contribution is 0.525. The number of hydrogen-bond acceptors (Lipinski definition) is 2. The molecule has 0 atom stereocenters. The van der Waals surface area contributed by atoms with Crippen LogP contribution in [-0.2, 0) is 6.54 Å². The number of hydrogen-bond donors (Lipinski definition) is 1. The first-order chi connectivity index (χ1) is 11.0. The van der Waals surface area contributed by atoms with Crippen molar-refractivity contribution in [2.45, 2.75) is 40.7 Å². The average molecular weight is 307 g/mol. The Hall–Kier alpha value is -2.29. The molecule has 0 aliphatic rings. The van der Waals surface area contributed by atoms with Crippen molar-refractivity contribution in [2.24, 2.45) is 5.92 Å². The number of imidazole rings is 1. The molecule has 0 fully saturated rings. The molecule has 0 aliphatic carbocycles. The van der Waals surface area contributed by atoms with Crippen molar-refractivity contribution in [1.29, 1.82) is 0 Å². The standard InChI is InChI=1S/C20H25N3/c1-13(2)10-11-23-18-7-5-6-17(21)19(18)22-20(23)16-9-8-14(3)15(4)12-16/h5-9,12-13H,10-11,21H2,1-4H3. The second-order valence-electron chi connectivity index (χ2n) is 6.78. The Bertz CT molecular complexity index is 843. The monoisotopic (exact) mass is 307 g/mol. The van der Waals surface area contributed by atoms with Gasteiger partial charge in [0, 0.05) is 12.1 Å². The van der Waals surface area contributed by atoms with Crippen LogP contribution in [0.5, 0.6) is 0 Å². The zero-order valence-corrected chi connectivity index (χ0v) is 14.4. The second kappa shape index (κ2) is 6.07. The molecule has 23 heavy (non-hydrogen) atoms. The highest BCUT2D eigenvalue weighted by Crippen LogP contribution is 2.29. The number of para-hydroxylation sites is 1. The fraction of sp³-hybridized carbons (Fsp3) is 0.350. The van der Waals surface area contributed by atoms with Gasteiger partial charge in [0.15, 0.2) is 0 Å². The van der Waals surface area contributed by atoms with Gasteiger partial charge in [0.1, 0.15) is 11.3 Å². The van der Waals surface area contributed by atoms with Crippen molar-refractivity contribution < 1.29 is 0 Å². The molecule has 0 radical (unpaired) electrons. The molecule has 1 aromatic heterocycles. The summed E-state index contributed by atoms with van der Waals surface area (Å²) < 4.78 is 2.32. The Kier molecular flexibility index (Phi) is 4.12. The maximum atomic E-state index is 6.15. The van der Waals surface area contributed by atoms with E-state index < -0.39 is 0 Å². The number of benzene rings is 2. The summed E-state index contributed by atoms with van der Waals surface area (Å²) in [6.45, 7) is 9.75. The van der Waals surface area contributed by atoms with E-state index in [1.54, 1.807) is 0 Å². The van der Waals surface area contributed by atoms with Gasteiger partial charge in [-0.15, -0.1) is 0 Å². The van der Waals surface area contributed by atoms with Crippen molar-refractivity contribution in [3.8, 4) is 11.4 Å². The number of fused-ring (bicyclic) bond motifs is 1. The van der Waals surface area contributed by atoms with Crippen LogP contribution in [0.15, 0.2) is 36.4 Å². The van der Waals surface area contributed by atoms with Gasteiger partial charge in [0.2, 0.25) is 0 Å². The van der Waals surface area contributed by atoms with Crippen molar-refractivity contribution in [1.82, 2.24) is 9.55 Å². The van der Waals surface area contributed by atoms with Crippen LogP contribution in [-0.4, -0.2) is 9.55 Å². The van der Waals surface area contributed by atoms with Crippen molar-refractivity contribution in [3.05, 3.63) is 47.5 Å². The fourth-order valence-corrected chi connectivity index (χ4v) is 2.88. The molecule has 0 aliphatic heterocycles. The molecule has 0 bridgehead atoms. The van der Waals surface area contributed by atoms with Crippen LogP contribution in [0.3, 0.4) is 0 Å². The van der Waals surface area contributed by atoms with Crippen molar-refractivity contribution in [2.75, 3.05) is 5.73 Å². The SMILES string of the molecule is Cc1ccc(-c2nc3c(N)cccc3n2CCC(C)C)cc1C. The van der Waals surface area contributed by atoms with Crippen LogP contribution >= 0.6 is 0 Å². The van der Waals surface area contributed by atoms with Gasteiger partial charge >= 0.3 is 0 Å². The minimum atomic E-state index is 0.654. The molecular weight excluding hydrogens is 282 g/mol. The van der Waals surface area contributed by atoms with Gasteiger partial charge in [0.05, 0.1) is 11.2 Å². The highest BCUT2D eigenvalue weighted by molar-refractivity contribution is 5.90. The zero-order chi connectivity index (χ0) is 16.6. The zero-order valence-electron chi connectivity index (χ0n) is 14.4. The first kappa shape index (κ1) is 15.6. The Balaban J connectivity index is 2.19. The number of nitrogens with zero attached hydrogens (tertiary/aromatic N) is 2. The summed E-state index contributed by atoms with van der Waals surface area (Å²) in [6, 6.07) is 12.6. The lowest BCUT2D eigenvalue weighted by Gasteiger charge is -2.12. The number of nitrogen functional groups attached to an aromatic ring is 1. The minimum Gasteiger partial charge on any atom is -0.397 e. The van der Waals surface area contributed by atoms with E-state index in [4.69, 9.17) is 10.7 Å². The summed E-state index contributed by atoms with van der Waals surface area (Å²) in [7, 11) is 0. The number of rotatable bonds is 4. The predicted octanol–water partition coefficient (Wildman–Crippen LogP) is 4.95. The Morgan fingerprint density at radius 3 is 2.57 bits per heavy atom. The van der Waals surface area contributed by atoms with E-state index in [2.05, 4.69) is 56.5 Å². The van der Waals surface area contributed by atoms with Gasteiger partial charge in [0.25, 0.3) is 0 Å². The maximum absolute atomic E-state index is 6.15. The van der Waals surface area contributed by atoms with Gasteiger partial charge in [-0.25, -0.2) is 4.98 Å². The number of aryl methyl sites for hydroxylation is 3. The van der Waals surface area contributed by atoms with Crippen LogP contribution in [0.25, 0.3) is 22.4 Å². The Morgan fingerprint density at radius 2 is 1.87 bits per heavy atom. The third-order valence-corrected chi connectivity index (χ3v) is 4.51.